The van der Waals surface area contributed by atoms with E-state index in [2.05, 4.69) is 5.32 Å². The normalized spacial score (nSPS) is 12.4. The van der Waals surface area contributed by atoms with Crippen molar-refractivity contribution < 1.29 is 19.0 Å². The van der Waals surface area contributed by atoms with Gasteiger partial charge in [-0.3, -0.25) is 4.79 Å². The Hall–Kier alpha value is -0.650. The van der Waals surface area contributed by atoms with Crippen LogP contribution in [0.1, 0.15) is 20.3 Å². The van der Waals surface area contributed by atoms with Crippen LogP contribution < -0.4 is 5.32 Å². The second kappa shape index (κ2) is 10.9. The maximum atomic E-state index is 11.3. The first-order valence-electron chi connectivity index (χ1n) is 5.66. The molecule has 0 spiro atoms. The SMILES string of the molecule is CCNC(C)CC(=O)OCCOCCOC. The standard InChI is InChI=1S/C11H23NO4/c1-4-12-10(2)9-11(13)16-8-7-15-6-5-14-3/h10,12H,4-9H2,1-3H3. The van der Waals surface area contributed by atoms with Gasteiger partial charge in [-0.15, -0.1) is 0 Å². The van der Waals surface area contributed by atoms with E-state index in [-0.39, 0.29) is 12.0 Å². The van der Waals surface area contributed by atoms with Crippen LogP contribution >= 0.6 is 0 Å². The lowest BCUT2D eigenvalue weighted by atomic mass is 10.2. The Bertz CT molecular complexity index is 175. The lowest BCUT2D eigenvalue weighted by Crippen LogP contribution is -2.29. The highest BCUT2D eigenvalue weighted by Gasteiger charge is 2.08. The number of esters is 1. The summed E-state index contributed by atoms with van der Waals surface area (Å²) in [5.41, 5.74) is 0. The first kappa shape index (κ1) is 15.3. The molecule has 0 radical (unpaired) electrons. The van der Waals surface area contributed by atoms with Gasteiger partial charge in [0.1, 0.15) is 6.61 Å². The molecule has 0 amide bonds. The van der Waals surface area contributed by atoms with Crippen LogP contribution in [0.2, 0.25) is 0 Å². The van der Waals surface area contributed by atoms with Crippen LogP contribution in [-0.4, -0.2) is 52.1 Å². The summed E-state index contributed by atoms with van der Waals surface area (Å²) in [7, 11) is 1.62. The molecule has 0 aromatic heterocycles. The van der Waals surface area contributed by atoms with E-state index in [1.54, 1.807) is 7.11 Å². The average Bonchev–Trinajstić information content (AvgIpc) is 2.23. The van der Waals surface area contributed by atoms with Gasteiger partial charge < -0.3 is 19.5 Å². The largest absolute Gasteiger partial charge is 0.463 e. The van der Waals surface area contributed by atoms with Gasteiger partial charge in [0.05, 0.1) is 26.2 Å². The summed E-state index contributed by atoms with van der Waals surface area (Å²) in [6.45, 7) is 6.64. The van der Waals surface area contributed by atoms with Crippen LogP contribution in [0.15, 0.2) is 0 Å². The number of nitrogens with one attached hydrogen (secondary N) is 1. The zero-order valence-corrected chi connectivity index (χ0v) is 10.5. The highest BCUT2D eigenvalue weighted by atomic mass is 16.6. The summed E-state index contributed by atoms with van der Waals surface area (Å²) in [5.74, 6) is -0.191. The van der Waals surface area contributed by atoms with E-state index < -0.39 is 0 Å². The van der Waals surface area contributed by atoms with Crippen molar-refractivity contribution in [1.82, 2.24) is 5.32 Å². The number of carbonyl (C=O) groups excluding carboxylic acids is 1. The monoisotopic (exact) mass is 233 g/mol. The number of hydrogen-bond donors (Lipinski definition) is 1. The van der Waals surface area contributed by atoms with E-state index in [0.29, 0.717) is 32.8 Å². The molecular weight excluding hydrogens is 210 g/mol. The molecule has 0 saturated carbocycles. The van der Waals surface area contributed by atoms with E-state index in [1.165, 1.54) is 0 Å². The molecule has 5 nitrogen and oxygen atoms in total. The Morgan fingerprint density at radius 3 is 2.56 bits per heavy atom. The molecule has 1 N–H and O–H groups in total. The summed E-state index contributed by atoms with van der Waals surface area (Å²) in [6, 6.07) is 0.159. The van der Waals surface area contributed by atoms with Crippen LogP contribution in [0, 0.1) is 0 Å². The van der Waals surface area contributed by atoms with Gasteiger partial charge in [-0.2, -0.15) is 0 Å². The van der Waals surface area contributed by atoms with E-state index in [0.717, 1.165) is 6.54 Å². The third-order valence-electron chi connectivity index (χ3n) is 1.95. The topological polar surface area (TPSA) is 56.8 Å². The second-order valence-electron chi connectivity index (χ2n) is 3.49. The average molecular weight is 233 g/mol. The predicted molar refractivity (Wildman–Crippen MR) is 61.4 cm³/mol. The lowest BCUT2D eigenvalue weighted by molar-refractivity contribution is -0.145. The number of rotatable bonds is 10. The zero-order valence-electron chi connectivity index (χ0n) is 10.5. The summed E-state index contributed by atoms with van der Waals surface area (Å²) in [6.07, 6.45) is 0.395. The molecule has 0 aliphatic carbocycles. The fourth-order valence-corrected chi connectivity index (χ4v) is 1.19. The minimum atomic E-state index is -0.191. The molecule has 0 aromatic carbocycles. The highest BCUT2D eigenvalue weighted by Crippen LogP contribution is 1.93. The predicted octanol–water partition coefficient (Wildman–Crippen LogP) is 0.581. The van der Waals surface area contributed by atoms with Crippen LogP contribution in [0.4, 0.5) is 0 Å². The van der Waals surface area contributed by atoms with Crippen molar-refractivity contribution in [1.29, 1.82) is 0 Å². The minimum Gasteiger partial charge on any atom is -0.463 e. The minimum absolute atomic E-state index is 0.159. The van der Waals surface area contributed by atoms with E-state index in [1.807, 2.05) is 13.8 Å². The number of hydrogen-bond acceptors (Lipinski definition) is 5. The smallest absolute Gasteiger partial charge is 0.307 e. The Balaban J connectivity index is 3.30. The molecule has 0 aliphatic heterocycles. The van der Waals surface area contributed by atoms with Crippen LogP contribution in [-0.2, 0) is 19.0 Å². The van der Waals surface area contributed by atoms with Gasteiger partial charge in [-0.05, 0) is 13.5 Å². The molecule has 0 aliphatic rings. The molecule has 96 valence electrons. The summed E-state index contributed by atoms with van der Waals surface area (Å²) in [4.78, 5) is 11.3. The van der Waals surface area contributed by atoms with E-state index in [9.17, 15) is 4.79 Å². The third-order valence-corrected chi connectivity index (χ3v) is 1.95. The van der Waals surface area contributed by atoms with Gasteiger partial charge in [-0.25, -0.2) is 0 Å². The van der Waals surface area contributed by atoms with Crippen LogP contribution in [0.25, 0.3) is 0 Å². The quantitative estimate of drug-likeness (QED) is 0.442. The van der Waals surface area contributed by atoms with Crippen molar-refractivity contribution in [3.63, 3.8) is 0 Å². The molecule has 0 saturated heterocycles. The Morgan fingerprint density at radius 2 is 1.94 bits per heavy atom. The number of methoxy groups -OCH3 is 1. The first-order valence-corrected chi connectivity index (χ1v) is 5.66. The van der Waals surface area contributed by atoms with Crippen molar-refractivity contribution >= 4 is 5.97 Å². The summed E-state index contributed by atoms with van der Waals surface area (Å²) in [5, 5.41) is 3.15. The fourth-order valence-electron chi connectivity index (χ4n) is 1.19. The highest BCUT2D eigenvalue weighted by molar-refractivity contribution is 5.70. The molecule has 1 unspecified atom stereocenters. The van der Waals surface area contributed by atoms with Gasteiger partial charge in [0.25, 0.3) is 0 Å². The van der Waals surface area contributed by atoms with Crippen LogP contribution in [0.5, 0.6) is 0 Å². The molecule has 0 heterocycles. The molecule has 5 heteroatoms. The van der Waals surface area contributed by atoms with E-state index in [4.69, 9.17) is 14.2 Å². The second-order valence-corrected chi connectivity index (χ2v) is 3.49. The maximum Gasteiger partial charge on any atom is 0.307 e. The van der Waals surface area contributed by atoms with Gasteiger partial charge in [0.15, 0.2) is 0 Å². The molecule has 0 fully saturated rings. The van der Waals surface area contributed by atoms with Crippen LogP contribution in [0.3, 0.4) is 0 Å². The third kappa shape index (κ3) is 9.89. The van der Waals surface area contributed by atoms with E-state index >= 15 is 0 Å². The molecule has 1 atom stereocenters. The molecule has 0 aromatic rings. The lowest BCUT2D eigenvalue weighted by Gasteiger charge is -2.11. The molecule has 16 heavy (non-hydrogen) atoms. The van der Waals surface area contributed by atoms with Crippen molar-refractivity contribution in [3.05, 3.63) is 0 Å². The van der Waals surface area contributed by atoms with Gasteiger partial charge in [0, 0.05) is 13.2 Å². The van der Waals surface area contributed by atoms with Crippen molar-refractivity contribution in [2.75, 3.05) is 40.1 Å². The van der Waals surface area contributed by atoms with Crippen molar-refractivity contribution in [3.8, 4) is 0 Å². The summed E-state index contributed by atoms with van der Waals surface area (Å²) >= 11 is 0. The summed E-state index contributed by atoms with van der Waals surface area (Å²) < 4.78 is 15.0. The maximum absolute atomic E-state index is 11.3. The van der Waals surface area contributed by atoms with Crippen molar-refractivity contribution in [2.45, 2.75) is 26.3 Å². The molecule has 0 bridgehead atoms. The Kier molecular flexibility index (Phi) is 10.4. The van der Waals surface area contributed by atoms with Gasteiger partial charge >= 0.3 is 5.97 Å². The van der Waals surface area contributed by atoms with Gasteiger partial charge in [0.2, 0.25) is 0 Å². The van der Waals surface area contributed by atoms with Crippen molar-refractivity contribution in [2.24, 2.45) is 0 Å². The number of ether oxygens (including phenoxy) is 3. The fraction of sp³-hybridized carbons (Fsp3) is 0.909. The zero-order chi connectivity index (χ0) is 12.2. The molecule has 0 rings (SSSR count). The Labute approximate surface area is 97.4 Å². The number of carbonyl (C=O) groups is 1. The first-order chi connectivity index (χ1) is 7.70. The van der Waals surface area contributed by atoms with Gasteiger partial charge in [-0.1, -0.05) is 6.92 Å². The Morgan fingerprint density at radius 1 is 1.25 bits per heavy atom. The molecular formula is C11H23NO4.